The zero-order valence-electron chi connectivity index (χ0n) is 13.5. The van der Waals surface area contributed by atoms with Gasteiger partial charge in [-0.05, 0) is 41.4 Å². The molecule has 124 valence electrons. The van der Waals surface area contributed by atoms with Gasteiger partial charge in [0.25, 0.3) is 0 Å². The highest BCUT2D eigenvalue weighted by molar-refractivity contribution is 9.11. The molecule has 4 nitrogen and oxygen atoms in total. The Labute approximate surface area is 146 Å². The van der Waals surface area contributed by atoms with Crippen molar-refractivity contribution in [2.75, 3.05) is 32.7 Å². The molecular weight excluding hydrogens is 362 g/mol. The third-order valence-corrected chi connectivity index (χ3v) is 5.58. The van der Waals surface area contributed by atoms with Crippen LogP contribution in [-0.4, -0.2) is 54.5 Å². The van der Waals surface area contributed by atoms with E-state index < -0.39 is 0 Å². The summed E-state index contributed by atoms with van der Waals surface area (Å²) in [5.74, 6) is 0.164. The predicted molar refractivity (Wildman–Crippen MR) is 96.2 cm³/mol. The van der Waals surface area contributed by atoms with Crippen LogP contribution in [0.15, 0.2) is 15.9 Å². The van der Waals surface area contributed by atoms with Crippen molar-refractivity contribution in [2.45, 2.75) is 39.3 Å². The number of amides is 1. The Morgan fingerprint density at radius 1 is 1.32 bits per heavy atom. The summed E-state index contributed by atoms with van der Waals surface area (Å²) in [6.07, 6.45) is 2.16. The number of carbonyl (C=O) groups excluding carboxylic acids is 1. The van der Waals surface area contributed by atoms with E-state index in [-0.39, 0.29) is 11.9 Å². The average Bonchev–Trinajstić information content (AvgIpc) is 2.86. The van der Waals surface area contributed by atoms with E-state index in [1.807, 2.05) is 0 Å². The van der Waals surface area contributed by atoms with Crippen LogP contribution in [0.2, 0.25) is 0 Å². The first-order valence-corrected chi connectivity index (χ1v) is 9.66. The van der Waals surface area contributed by atoms with Crippen LogP contribution in [0.4, 0.5) is 0 Å². The second-order valence-electron chi connectivity index (χ2n) is 6.02. The number of piperazine rings is 1. The minimum absolute atomic E-state index is 0.164. The number of nitrogens with zero attached hydrogens (tertiary/aromatic N) is 2. The lowest BCUT2D eigenvalue weighted by atomic mass is 10.2. The molecule has 1 aliphatic heterocycles. The molecule has 0 aliphatic carbocycles. The van der Waals surface area contributed by atoms with E-state index in [4.69, 9.17) is 0 Å². The third-order valence-electron chi connectivity index (χ3n) is 3.97. The molecule has 2 rings (SSSR count). The second kappa shape index (κ2) is 9.01. The molecule has 1 aromatic heterocycles. The molecule has 0 saturated carbocycles. The Kier molecular flexibility index (Phi) is 7.34. The van der Waals surface area contributed by atoms with Gasteiger partial charge < -0.3 is 5.32 Å². The number of hydrogen-bond acceptors (Lipinski definition) is 4. The lowest BCUT2D eigenvalue weighted by molar-refractivity contribution is -0.123. The highest BCUT2D eigenvalue weighted by atomic mass is 79.9. The fourth-order valence-electron chi connectivity index (χ4n) is 2.79. The molecule has 22 heavy (non-hydrogen) atoms. The number of nitrogens with one attached hydrogen (secondary N) is 1. The molecule has 0 radical (unpaired) electrons. The van der Waals surface area contributed by atoms with Gasteiger partial charge in [0.15, 0.2) is 0 Å². The summed E-state index contributed by atoms with van der Waals surface area (Å²) in [5.41, 5.74) is 0. The van der Waals surface area contributed by atoms with Crippen LogP contribution in [-0.2, 0) is 11.3 Å². The van der Waals surface area contributed by atoms with Crippen LogP contribution in [0.1, 0.15) is 31.6 Å². The van der Waals surface area contributed by atoms with Gasteiger partial charge in [-0.1, -0.05) is 13.3 Å². The van der Waals surface area contributed by atoms with Crippen LogP contribution >= 0.6 is 27.3 Å². The Morgan fingerprint density at radius 3 is 2.59 bits per heavy atom. The van der Waals surface area contributed by atoms with Crippen molar-refractivity contribution in [3.63, 3.8) is 0 Å². The van der Waals surface area contributed by atoms with Crippen LogP contribution < -0.4 is 5.32 Å². The summed E-state index contributed by atoms with van der Waals surface area (Å²) in [5, 5.41) is 3.08. The number of rotatable bonds is 7. The topological polar surface area (TPSA) is 35.6 Å². The molecule has 0 bridgehead atoms. The van der Waals surface area contributed by atoms with Gasteiger partial charge in [-0.2, -0.15) is 0 Å². The van der Waals surface area contributed by atoms with E-state index in [1.54, 1.807) is 11.3 Å². The highest BCUT2D eigenvalue weighted by Crippen LogP contribution is 2.23. The molecule has 1 aliphatic rings. The fourth-order valence-corrected chi connectivity index (χ4v) is 4.32. The van der Waals surface area contributed by atoms with Crippen molar-refractivity contribution in [1.82, 2.24) is 15.1 Å². The number of carbonyl (C=O) groups is 1. The molecule has 2 heterocycles. The molecular formula is C16H26BrN3OS. The van der Waals surface area contributed by atoms with E-state index in [0.29, 0.717) is 6.54 Å². The van der Waals surface area contributed by atoms with Gasteiger partial charge in [0.1, 0.15) is 0 Å². The van der Waals surface area contributed by atoms with Gasteiger partial charge in [-0.3, -0.25) is 14.6 Å². The molecule has 1 N–H and O–H groups in total. The van der Waals surface area contributed by atoms with Crippen molar-refractivity contribution in [3.8, 4) is 0 Å². The minimum atomic E-state index is 0.164. The number of hydrogen-bond donors (Lipinski definition) is 1. The number of thiophene rings is 1. The van der Waals surface area contributed by atoms with Gasteiger partial charge >= 0.3 is 0 Å². The smallest absolute Gasteiger partial charge is 0.234 e. The van der Waals surface area contributed by atoms with Crippen LogP contribution in [0.5, 0.6) is 0 Å². The summed E-state index contributed by atoms with van der Waals surface area (Å²) >= 11 is 5.31. The maximum Gasteiger partial charge on any atom is 0.234 e. The van der Waals surface area contributed by atoms with Crippen molar-refractivity contribution in [2.24, 2.45) is 0 Å². The number of halogens is 1. The average molecular weight is 388 g/mol. The Morgan fingerprint density at radius 2 is 2.00 bits per heavy atom. The van der Waals surface area contributed by atoms with Crippen LogP contribution in [0, 0.1) is 0 Å². The lowest BCUT2D eigenvalue weighted by Gasteiger charge is -2.34. The molecule has 6 heteroatoms. The molecule has 1 unspecified atom stereocenters. The quantitative estimate of drug-likeness (QED) is 0.780. The van der Waals surface area contributed by atoms with Crippen molar-refractivity contribution in [3.05, 3.63) is 20.8 Å². The molecule has 1 saturated heterocycles. The maximum absolute atomic E-state index is 12.0. The Bertz CT molecular complexity index is 472. The first-order chi connectivity index (χ1) is 10.6. The van der Waals surface area contributed by atoms with Gasteiger partial charge in [-0.15, -0.1) is 11.3 Å². The van der Waals surface area contributed by atoms with E-state index in [0.717, 1.165) is 45.6 Å². The van der Waals surface area contributed by atoms with E-state index >= 15 is 0 Å². The lowest BCUT2D eigenvalue weighted by Crippen LogP contribution is -2.49. The normalized spacial score (nSPS) is 18.3. The standard InChI is InChI=1S/C16H26BrN3OS/c1-3-4-13(2)18-16(21)12-20-9-7-19(8-10-20)11-14-5-6-15(17)22-14/h5-6,13H,3-4,7-12H2,1-2H3,(H,18,21). The van der Waals surface area contributed by atoms with E-state index in [1.165, 1.54) is 8.66 Å². The highest BCUT2D eigenvalue weighted by Gasteiger charge is 2.19. The zero-order valence-corrected chi connectivity index (χ0v) is 15.9. The molecule has 1 fully saturated rings. The van der Waals surface area contributed by atoms with Gasteiger partial charge in [0.2, 0.25) is 5.91 Å². The van der Waals surface area contributed by atoms with Crippen molar-refractivity contribution in [1.29, 1.82) is 0 Å². The van der Waals surface area contributed by atoms with Crippen molar-refractivity contribution >= 4 is 33.2 Å². The van der Waals surface area contributed by atoms with E-state index in [9.17, 15) is 4.79 Å². The molecule has 1 aromatic rings. The van der Waals surface area contributed by atoms with Gasteiger partial charge in [0.05, 0.1) is 10.3 Å². The van der Waals surface area contributed by atoms with Crippen LogP contribution in [0.3, 0.4) is 0 Å². The predicted octanol–water partition coefficient (Wildman–Crippen LogP) is 2.93. The summed E-state index contributed by atoms with van der Waals surface area (Å²) in [7, 11) is 0. The maximum atomic E-state index is 12.0. The fraction of sp³-hybridized carbons (Fsp3) is 0.688. The first-order valence-electron chi connectivity index (χ1n) is 8.05. The van der Waals surface area contributed by atoms with E-state index in [2.05, 4.69) is 57.0 Å². The Balaban J connectivity index is 1.67. The summed E-state index contributed by atoms with van der Waals surface area (Å²) in [6, 6.07) is 4.58. The van der Waals surface area contributed by atoms with Gasteiger partial charge in [-0.25, -0.2) is 0 Å². The minimum Gasteiger partial charge on any atom is -0.353 e. The molecule has 0 spiro atoms. The molecule has 1 atom stereocenters. The first kappa shape index (κ1) is 17.9. The van der Waals surface area contributed by atoms with Crippen molar-refractivity contribution < 1.29 is 4.79 Å². The Hall–Kier alpha value is -0.430. The summed E-state index contributed by atoms with van der Waals surface area (Å²) < 4.78 is 1.19. The SMILES string of the molecule is CCCC(C)NC(=O)CN1CCN(Cc2ccc(Br)s2)CC1. The summed E-state index contributed by atoms with van der Waals surface area (Å²) in [4.78, 5) is 18.1. The third kappa shape index (κ3) is 5.99. The molecule has 0 aromatic carbocycles. The zero-order chi connectivity index (χ0) is 15.9. The second-order valence-corrected chi connectivity index (χ2v) is 8.56. The van der Waals surface area contributed by atoms with Crippen LogP contribution in [0.25, 0.3) is 0 Å². The summed E-state index contributed by atoms with van der Waals surface area (Å²) in [6.45, 7) is 9.80. The van der Waals surface area contributed by atoms with Gasteiger partial charge in [0, 0.05) is 43.6 Å². The largest absolute Gasteiger partial charge is 0.353 e. The monoisotopic (exact) mass is 387 g/mol. The molecule has 1 amide bonds.